The minimum atomic E-state index is -0.496. The Labute approximate surface area is 114 Å². The molecule has 19 heavy (non-hydrogen) atoms. The van der Waals surface area contributed by atoms with Crippen molar-refractivity contribution in [2.24, 2.45) is 0 Å². The first-order chi connectivity index (χ1) is 9.28. The zero-order chi connectivity index (χ0) is 13.2. The normalized spacial score (nSPS) is 14.1. The second-order valence-electron chi connectivity index (χ2n) is 4.58. The van der Waals surface area contributed by atoms with Crippen LogP contribution < -0.4 is 5.32 Å². The number of hydrogen-bond acceptors (Lipinski definition) is 4. The van der Waals surface area contributed by atoms with Crippen molar-refractivity contribution in [2.75, 3.05) is 5.32 Å². The summed E-state index contributed by atoms with van der Waals surface area (Å²) in [4.78, 5) is 4.54. The van der Waals surface area contributed by atoms with Gasteiger partial charge in [-0.2, -0.15) is 5.26 Å². The third-order valence-corrected chi connectivity index (χ3v) is 4.14. The predicted octanol–water partition coefficient (Wildman–Crippen LogP) is 3.64. The third kappa shape index (κ3) is 2.59. The van der Waals surface area contributed by atoms with Crippen LogP contribution in [0.3, 0.4) is 0 Å². The molecular weight excluding hydrogens is 261 g/mol. The van der Waals surface area contributed by atoms with Crippen molar-refractivity contribution in [1.29, 1.82) is 5.26 Å². The summed E-state index contributed by atoms with van der Waals surface area (Å²) in [5.41, 5.74) is 1.52. The van der Waals surface area contributed by atoms with Gasteiger partial charge in [0.15, 0.2) is 0 Å². The molecular formula is C14H12FN3S. The Morgan fingerprint density at radius 1 is 1.47 bits per heavy atom. The molecule has 3 rings (SSSR count). The lowest BCUT2D eigenvalue weighted by Crippen LogP contribution is -2.03. The van der Waals surface area contributed by atoms with Gasteiger partial charge in [-0.15, -0.1) is 11.3 Å². The highest BCUT2D eigenvalue weighted by molar-refractivity contribution is 7.09. The van der Waals surface area contributed by atoms with Crippen LogP contribution in [0, 0.1) is 17.1 Å². The van der Waals surface area contributed by atoms with E-state index in [2.05, 4.69) is 10.3 Å². The second-order valence-corrected chi connectivity index (χ2v) is 5.47. The molecule has 3 nitrogen and oxygen atoms in total. The van der Waals surface area contributed by atoms with E-state index >= 15 is 0 Å². The van der Waals surface area contributed by atoms with Gasteiger partial charge in [-0.1, -0.05) is 6.07 Å². The standard InChI is InChI=1S/C14H12FN3S/c15-12-2-1-3-13(11(12)6-16)17-7-10-8-19-14(18-10)9-4-5-9/h1-3,8-9,17H,4-5,7H2. The van der Waals surface area contributed by atoms with Gasteiger partial charge in [-0.3, -0.25) is 0 Å². The quantitative estimate of drug-likeness (QED) is 0.925. The van der Waals surface area contributed by atoms with E-state index in [1.165, 1.54) is 23.9 Å². The van der Waals surface area contributed by atoms with Crippen molar-refractivity contribution in [3.63, 3.8) is 0 Å². The Morgan fingerprint density at radius 3 is 3.05 bits per heavy atom. The summed E-state index contributed by atoms with van der Waals surface area (Å²) in [7, 11) is 0. The highest BCUT2D eigenvalue weighted by Gasteiger charge is 2.26. The lowest BCUT2D eigenvalue weighted by molar-refractivity contribution is 0.624. The van der Waals surface area contributed by atoms with Crippen LogP contribution in [-0.4, -0.2) is 4.98 Å². The molecule has 5 heteroatoms. The lowest BCUT2D eigenvalue weighted by atomic mass is 10.2. The fourth-order valence-electron chi connectivity index (χ4n) is 1.89. The number of hydrogen-bond donors (Lipinski definition) is 1. The van der Waals surface area contributed by atoms with Crippen LogP contribution in [-0.2, 0) is 6.54 Å². The van der Waals surface area contributed by atoms with Gasteiger partial charge in [0, 0.05) is 11.3 Å². The average molecular weight is 273 g/mol. The van der Waals surface area contributed by atoms with Gasteiger partial charge >= 0.3 is 0 Å². The summed E-state index contributed by atoms with van der Waals surface area (Å²) < 4.78 is 13.4. The van der Waals surface area contributed by atoms with Crippen LogP contribution in [0.2, 0.25) is 0 Å². The van der Waals surface area contributed by atoms with Gasteiger partial charge in [0.2, 0.25) is 0 Å². The molecule has 0 saturated heterocycles. The highest BCUT2D eigenvalue weighted by Crippen LogP contribution is 2.41. The van der Waals surface area contributed by atoms with Gasteiger partial charge in [0.05, 0.1) is 22.9 Å². The molecule has 1 N–H and O–H groups in total. The van der Waals surface area contributed by atoms with Crippen LogP contribution in [0.5, 0.6) is 0 Å². The number of halogens is 1. The van der Waals surface area contributed by atoms with Gasteiger partial charge < -0.3 is 5.32 Å². The number of rotatable bonds is 4. The molecule has 0 aliphatic heterocycles. The Kier molecular flexibility index (Phi) is 3.18. The Balaban J connectivity index is 1.71. The molecule has 0 unspecified atom stereocenters. The molecule has 96 valence electrons. The number of nitrogens with zero attached hydrogens (tertiary/aromatic N) is 2. The zero-order valence-electron chi connectivity index (χ0n) is 10.2. The van der Waals surface area contributed by atoms with Crippen molar-refractivity contribution >= 4 is 17.0 Å². The number of anilines is 1. The van der Waals surface area contributed by atoms with E-state index in [-0.39, 0.29) is 5.56 Å². The van der Waals surface area contributed by atoms with E-state index in [0.29, 0.717) is 18.2 Å². The van der Waals surface area contributed by atoms with Crippen molar-refractivity contribution in [3.8, 4) is 6.07 Å². The third-order valence-electron chi connectivity index (χ3n) is 3.08. The number of nitriles is 1. The summed E-state index contributed by atoms with van der Waals surface area (Å²) >= 11 is 1.68. The Morgan fingerprint density at radius 2 is 2.32 bits per heavy atom. The van der Waals surface area contributed by atoms with E-state index in [0.717, 1.165) is 5.69 Å². The monoisotopic (exact) mass is 273 g/mol. The van der Waals surface area contributed by atoms with Crippen LogP contribution in [0.1, 0.15) is 35.0 Å². The molecule has 1 aromatic carbocycles. The minimum absolute atomic E-state index is 0.0557. The SMILES string of the molecule is N#Cc1c(F)cccc1NCc1csc(C2CC2)n1. The molecule has 2 aromatic rings. The maximum Gasteiger partial charge on any atom is 0.143 e. The largest absolute Gasteiger partial charge is 0.378 e. The van der Waals surface area contributed by atoms with Crippen molar-refractivity contribution in [3.05, 3.63) is 45.7 Å². The predicted molar refractivity (Wildman–Crippen MR) is 72.5 cm³/mol. The van der Waals surface area contributed by atoms with E-state index in [4.69, 9.17) is 5.26 Å². The molecule has 1 aliphatic carbocycles. The molecule has 1 fully saturated rings. The number of thiazole rings is 1. The Hall–Kier alpha value is -1.93. The van der Waals surface area contributed by atoms with Crippen LogP contribution in [0.4, 0.5) is 10.1 Å². The average Bonchev–Trinajstić information content (AvgIpc) is 3.16. The number of aromatic nitrogens is 1. The molecule has 1 aliphatic rings. The minimum Gasteiger partial charge on any atom is -0.378 e. The fourth-order valence-corrected chi connectivity index (χ4v) is 2.88. The summed E-state index contributed by atoms with van der Waals surface area (Å²) in [6.07, 6.45) is 2.48. The highest BCUT2D eigenvalue weighted by atomic mass is 32.1. The van der Waals surface area contributed by atoms with Gasteiger partial charge in [-0.25, -0.2) is 9.37 Å². The summed E-state index contributed by atoms with van der Waals surface area (Å²) in [5, 5.41) is 15.2. The molecule has 1 aromatic heterocycles. The van der Waals surface area contributed by atoms with Gasteiger partial charge in [0.1, 0.15) is 17.4 Å². The van der Waals surface area contributed by atoms with Crippen LogP contribution >= 0.6 is 11.3 Å². The number of benzene rings is 1. The molecule has 1 saturated carbocycles. The summed E-state index contributed by atoms with van der Waals surface area (Å²) in [6, 6.07) is 6.46. The van der Waals surface area contributed by atoms with Gasteiger partial charge in [0.25, 0.3) is 0 Å². The van der Waals surface area contributed by atoms with Crippen molar-refractivity contribution < 1.29 is 4.39 Å². The smallest absolute Gasteiger partial charge is 0.143 e. The van der Waals surface area contributed by atoms with Crippen LogP contribution in [0.15, 0.2) is 23.6 Å². The van der Waals surface area contributed by atoms with Gasteiger partial charge in [-0.05, 0) is 25.0 Å². The molecule has 0 bridgehead atoms. The number of nitrogens with one attached hydrogen (secondary N) is 1. The summed E-state index contributed by atoms with van der Waals surface area (Å²) in [6.45, 7) is 0.515. The van der Waals surface area contributed by atoms with E-state index in [9.17, 15) is 4.39 Å². The van der Waals surface area contributed by atoms with E-state index in [1.807, 2.05) is 11.4 Å². The maximum atomic E-state index is 13.4. The molecule has 0 radical (unpaired) electrons. The topological polar surface area (TPSA) is 48.7 Å². The first-order valence-corrected chi connectivity index (χ1v) is 7.02. The first-order valence-electron chi connectivity index (χ1n) is 6.14. The van der Waals surface area contributed by atoms with Crippen molar-refractivity contribution in [1.82, 2.24) is 4.98 Å². The molecule has 0 spiro atoms. The summed E-state index contributed by atoms with van der Waals surface area (Å²) in [5.74, 6) is 0.159. The molecule has 1 heterocycles. The fraction of sp³-hybridized carbons (Fsp3) is 0.286. The molecule has 0 atom stereocenters. The molecule has 0 amide bonds. The lowest BCUT2D eigenvalue weighted by Gasteiger charge is -2.06. The van der Waals surface area contributed by atoms with E-state index in [1.54, 1.807) is 23.5 Å². The first kappa shape index (κ1) is 12.1. The zero-order valence-corrected chi connectivity index (χ0v) is 11.0. The Bertz CT molecular complexity index is 640. The van der Waals surface area contributed by atoms with Crippen LogP contribution in [0.25, 0.3) is 0 Å². The van der Waals surface area contributed by atoms with Crippen molar-refractivity contribution in [2.45, 2.75) is 25.3 Å². The second kappa shape index (κ2) is 4.98. The van der Waals surface area contributed by atoms with E-state index < -0.39 is 5.82 Å². The maximum absolute atomic E-state index is 13.4.